The third kappa shape index (κ3) is 4.61. The first kappa shape index (κ1) is 29.9. The van der Waals surface area contributed by atoms with Crippen LogP contribution in [0.1, 0.15) is 31.7 Å². The predicted molar refractivity (Wildman–Crippen MR) is 164 cm³/mol. The molecule has 5 heterocycles. The monoisotopic (exact) mass is 649 g/mol. The van der Waals surface area contributed by atoms with Crippen LogP contribution in [0.4, 0.5) is 23.4 Å². The lowest BCUT2D eigenvalue weighted by molar-refractivity contribution is -0.126. The summed E-state index contributed by atoms with van der Waals surface area (Å²) in [6.45, 7) is 2.97. The molecule has 2 N–H and O–H groups in total. The standard InChI is InChI=1S/C34H31F4N5O4/c1-2-19-24(36)5-4-16-8-18(44)9-20(26(16)19)27-25(37)10-21-29(28(27)38)39-33(47-15-34-6-3-7-43(34)12-17(35)11-34)40-30(21)42-13-22-23(14-42)32(46)41-31(22)45/h4-5,8-10,17,22-23,44H,2-3,6-7,11-15H2,1H3,(H,41,45,46)/t17-,22-,23+,34+/m1/s1. The van der Waals surface area contributed by atoms with Gasteiger partial charge >= 0.3 is 6.01 Å². The molecule has 244 valence electrons. The van der Waals surface area contributed by atoms with Crippen LogP contribution in [0.15, 0.2) is 30.3 Å². The number of carbonyl (C=O) groups excluding carboxylic acids is 2. The van der Waals surface area contributed by atoms with Gasteiger partial charge in [0.05, 0.1) is 22.9 Å². The Kier molecular flexibility index (Phi) is 6.83. The number of alkyl halides is 1. The summed E-state index contributed by atoms with van der Waals surface area (Å²) in [5.74, 6) is -4.96. The topological polar surface area (TPSA) is 108 Å². The summed E-state index contributed by atoms with van der Waals surface area (Å²) in [5, 5.41) is 13.5. The molecule has 4 aliphatic heterocycles. The van der Waals surface area contributed by atoms with Crippen molar-refractivity contribution in [1.29, 1.82) is 0 Å². The van der Waals surface area contributed by atoms with Crippen molar-refractivity contribution >= 4 is 39.3 Å². The van der Waals surface area contributed by atoms with E-state index in [0.29, 0.717) is 18.4 Å². The lowest BCUT2D eigenvalue weighted by atomic mass is 9.91. The number of hydrogen-bond acceptors (Lipinski definition) is 8. The van der Waals surface area contributed by atoms with Crippen LogP contribution in [0.3, 0.4) is 0 Å². The van der Waals surface area contributed by atoms with E-state index in [1.165, 1.54) is 24.3 Å². The molecule has 0 spiro atoms. The molecule has 13 heteroatoms. The van der Waals surface area contributed by atoms with Gasteiger partial charge in [-0.05, 0) is 72.0 Å². The number of nitrogens with one attached hydrogen (secondary N) is 1. The first-order valence-electron chi connectivity index (χ1n) is 15.8. The molecule has 3 aromatic carbocycles. The normalized spacial score (nSPS) is 25.6. The average Bonchev–Trinajstić information content (AvgIpc) is 3.77. The Balaban J connectivity index is 1.30. The van der Waals surface area contributed by atoms with Gasteiger partial charge in [-0.15, -0.1) is 0 Å². The molecular weight excluding hydrogens is 618 g/mol. The minimum Gasteiger partial charge on any atom is -0.508 e. The number of imide groups is 1. The number of phenols is 1. The predicted octanol–water partition coefficient (Wildman–Crippen LogP) is 4.80. The Bertz CT molecular complexity index is 1990. The van der Waals surface area contributed by atoms with Crippen LogP contribution in [-0.4, -0.2) is 76.3 Å². The van der Waals surface area contributed by atoms with Crippen LogP contribution in [0, 0.1) is 29.3 Å². The van der Waals surface area contributed by atoms with Gasteiger partial charge in [-0.3, -0.25) is 19.8 Å². The number of phenolic OH excluding ortho intramolecular Hbond substituents is 1. The zero-order valence-corrected chi connectivity index (χ0v) is 25.5. The molecular formula is C34H31F4N5O4. The van der Waals surface area contributed by atoms with Crippen molar-refractivity contribution in [3.8, 4) is 22.9 Å². The second-order valence-corrected chi connectivity index (χ2v) is 13.1. The molecule has 8 rings (SSSR count). The van der Waals surface area contributed by atoms with Crippen molar-refractivity contribution in [2.24, 2.45) is 11.8 Å². The number of hydrogen-bond donors (Lipinski definition) is 2. The van der Waals surface area contributed by atoms with Crippen LogP contribution in [0.25, 0.3) is 32.8 Å². The fraction of sp³-hybridized carbons (Fsp3) is 0.412. The first-order chi connectivity index (χ1) is 22.6. The van der Waals surface area contributed by atoms with Crippen LogP contribution < -0.4 is 15.0 Å². The molecule has 4 saturated heterocycles. The first-order valence-corrected chi connectivity index (χ1v) is 15.8. The molecule has 0 unspecified atom stereocenters. The zero-order valence-electron chi connectivity index (χ0n) is 25.5. The van der Waals surface area contributed by atoms with Crippen molar-refractivity contribution in [3.05, 3.63) is 53.3 Å². The summed E-state index contributed by atoms with van der Waals surface area (Å²) < 4.78 is 68.6. The van der Waals surface area contributed by atoms with Gasteiger partial charge < -0.3 is 14.7 Å². The zero-order chi connectivity index (χ0) is 32.8. The minimum absolute atomic E-state index is 0.0133. The van der Waals surface area contributed by atoms with Gasteiger partial charge in [-0.2, -0.15) is 9.97 Å². The van der Waals surface area contributed by atoms with E-state index in [-0.39, 0.29) is 77.5 Å². The largest absolute Gasteiger partial charge is 0.508 e. The summed E-state index contributed by atoms with van der Waals surface area (Å²) in [4.78, 5) is 37.5. The van der Waals surface area contributed by atoms with Gasteiger partial charge in [0.15, 0.2) is 5.82 Å². The molecule has 1 aromatic heterocycles. The van der Waals surface area contributed by atoms with E-state index in [2.05, 4.69) is 20.2 Å². The molecule has 0 aliphatic carbocycles. The molecule has 0 saturated carbocycles. The van der Waals surface area contributed by atoms with Crippen LogP contribution in [0.2, 0.25) is 0 Å². The van der Waals surface area contributed by atoms with Crippen LogP contribution in [0.5, 0.6) is 11.8 Å². The molecule has 9 nitrogen and oxygen atoms in total. The van der Waals surface area contributed by atoms with Crippen molar-refractivity contribution < 1.29 is 37.0 Å². The van der Waals surface area contributed by atoms with Crippen molar-refractivity contribution in [2.45, 2.75) is 44.3 Å². The van der Waals surface area contributed by atoms with E-state index in [1.54, 1.807) is 11.8 Å². The van der Waals surface area contributed by atoms with Gasteiger partial charge in [0.1, 0.15) is 41.5 Å². The lowest BCUT2D eigenvalue weighted by Gasteiger charge is -2.31. The van der Waals surface area contributed by atoms with Crippen molar-refractivity contribution in [3.63, 3.8) is 0 Å². The number of carbonyl (C=O) groups is 2. The fourth-order valence-corrected chi connectivity index (χ4v) is 8.22. The van der Waals surface area contributed by atoms with E-state index in [4.69, 9.17) is 4.74 Å². The van der Waals surface area contributed by atoms with Gasteiger partial charge in [0, 0.05) is 31.4 Å². The van der Waals surface area contributed by atoms with E-state index >= 15 is 8.78 Å². The highest BCUT2D eigenvalue weighted by atomic mass is 19.1. The Hall–Kier alpha value is -4.52. The summed E-state index contributed by atoms with van der Waals surface area (Å²) >= 11 is 0. The van der Waals surface area contributed by atoms with E-state index in [0.717, 1.165) is 19.0 Å². The third-order valence-corrected chi connectivity index (χ3v) is 10.4. The van der Waals surface area contributed by atoms with Gasteiger partial charge in [-0.25, -0.2) is 17.6 Å². The summed E-state index contributed by atoms with van der Waals surface area (Å²) in [6, 6.07) is 6.14. The van der Waals surface area contributed by atoms with Crippen LogP contribution >= 0.6 is 0 Å². The van der Waals surface area contributed by atoms with Crippen molar-refractivity contribution in [2.75, 3.05) is 37.7 Å². The van der Waals surface area contributed by atoms with E-state index in [9.17, 15) is 23.5 Å². The maximum Gasteiger partial charge on any atom is 0.319 e. The lowest BCUT2D eigenvalue weighted by Crippen LogP contribution is -2.43. The molecule has 0 radical (unpaired) electrons. The number of fused-ring (bicyclic) bond motifs is 4. The van der Waals surface area contributed by atoms with Crippen LogP contribution in [-0.2, 0) is 16.0 Å². The number of rotatable bonds is 6. The van der Waals surface area contributed by atoms with Gasteiger partial charge in [0.2, 0.25) is 11.8 Å². The second-order valence-electron chi connectivity index (χ2n) is 13.1. The van der Waals surface area contributed by atoms with E-state index < -0.39 is 58.4 Å². The number of anilines is 1. The second kappa shape index (κ2) is 10.8. The number of ether oxygens (including phenoxy) is 1. The van der Waals surface area contributed by atoms with Crippen molar-refractivity contribution in [1.82, 2.24) is 20.2 Å². The minimum atomic E-state index is -1.08. The number of aromatic hydroxyl groups is 1. The number of amides is 2. The molecule has 4 fully saturated rings. The Morgan fingerprint density at radius 1 is 1.04 bits per heavy atom. The molecule has 0 bridgehead atoms. The number of halogens is 4. The molecule has 2 amide bonds. The summed E-state index contributed by atoms with van der Waals surface area (Å²) in [7, 11) is 0. The smallest absolute Gasteiger partial charge is 0.319 e. The molecule has 4 aliphatic rings. The Labute approximate surface area is 266 Å². The SMILES string of the molecule is CCc1c(F)ccc2cc(O)cc(-c3c(F)cc4c(N5C[C@@H]6C(=O)NC(=O)[C@@H]6C5)nc(OC[C@@]56CCCN5C[C@H](F)C6)nc4c3F)c12. The highest BCUT2D eigenvalue weighted by Gasteiger charge is 2.50. The van der Waals surface area contributed by atoms with E-state index in [1.807, 2.05) is 0 Å². The molecule has 47 heavy (non-hydrogen) atoms. The number of aryl methyl sites for hydroxylation is 1. The molecule has 4 aromatic rings. The highest BCUT2D eigenvalue weighted by molar-refractivity contribution is 6.07. The molecule has 4 atom stereocenters. The Morgan fingerprint density at radius 3 is 2.55 bits per heavy atom. The maximum atomic E-state index is 16.9. The summed E-state index contributed by atoms with van der Waals surface area (Å²) in [6.07, 6.45) is 1.10. The third-order valence-electron chi connectivity index (χ3n) is 10.4. The average molecular weight is 650 g/mol. The number of aromatic nitrogens is 2. The summed E-state index contributed by atoms with van der Waals surface area (Å²) in [5.41, 5.74) is -1.18. The Morgan fingerprint density at radius 2 is 1.81 bits per heavy atom. The highest BCUT2D eigenvalue weighted by Crippen LogP contribution is 2.44. The fourth-order valence-electron chi connectivity index (χ4n) is 8.22. The maximum absolute atomic E-state index is 16.9. The quantitative estimate of drug-likeness (QED) is 0.227. The van der Waals surface area contributed by atoms with Gasteiger partial charge in [-0.1, -0.05) is 13.0 Å². The van der Waals surface area contributed by atoms with Gasteiger partial charge in [0.25, 0.3) is 0 Å². The number of benzene rings is 3. The number of nitrogens with zero attached hydrogens (tertiary/aromatic N) is 4.